The van der Waals surface area contributed by atoms with Gasteiger partial charge in [0.2, 0.25) is 0 Å². The first-order valence-electron chi connectivity index (χ1n) is 14.2. The molecule has 4 aliphatic rings. The van der Waals surface area contributed by atoms with Gasteiger partial charge < -0.3 is 25.5 Å². The molecule has 35 heavy (non-hydrogen) atoms. The molecule has 6 nitrogen and oxygen atoms in total. The summed E-state index contributed by atoms with van der Waals surface area (Å²) in [6.07, 6.45) is 1.64. The zero-order valence-corrected chi connectivity index (χ0v) is 22.7. The number of aliphatic hydroxyl groups is 5. The van der Waals surface area contributed by atoms with Gasteiger partial charge >= 0.3 is 0 Å². The van der Waals surface area contributed by atoms with E-state index in [1.165, 1.54) is 0 Å². The predicted octanol–water partition coefficient (Wildman–Crippen LogP) is 3.31. The zero-order chi connectivity index (χ0) is 26.1. The van der Waals surface area contributed by atoms with E-state index in [9.17, 15) is 30.3 Å². The highest BCUT2D eigenvalue weighted by molar-refractivity contribution is 5.89. The monoisotopic (exact) mass is 494 g/mol. The standard InChI is InChI=1S/C29H50O6/c1-7-17(15(2)3)26(34)25(33)16(4)19-8-9-20-18-12-24(32)29(35)14-23(31)22(30)13-28(29,6)21(18)10-11-27(19,20)5/h15-23,25-26,30-31,33-35H,7-14H2,1-6H3/t16-,17-,18-,19+,20-,21-,22+,23-,25-,26-,27+,28+,29-/m0/s1. The molecule has 0 unspecified atom stereocenters. The highest BCUT2D eigenvalue weighted by Gasteiger charge is 2.69. The van der Waals surface area contributed by atoms with E-state index in [1.807, 2.05) is 6.92 Å². The molecule has 4 rings (SSSR count). The fourth-order valence-corrected chi connectivity index (χ4v) is 9.86. The van der Waals surface area contributed by atoms with Gasteiger partial charge in [-0.2, -0.15) is 0 Å². The van der Waals surface area contributed by atoms with Gasteiger partial charge in [-0.1, -0.05) is 48.0 Å². The van der Waals surface area contributed by atoms with Crippen molar-refractivity contribution in [3.8, 4) is 0 Å². The van der Waals surface area contributed by atoms with Gasteiger partial charge in [-0.3, -0.25) is 4.79 Å². The van der Waals surface area contributed by atoms with Gasteiger partial charge in [-0.05, 0) is 78.9 Å². The maximum atomic E-state index is 13.4. The summed E-state index contributed by atoms with van der Waals surface area (Å²) in [6, 6.07) is 0. The van der Waals surface area contributed by atoms with Gasteiger partial charge in [-0.15, -0.1) is 0 Å². The lowest BCUT2D eigenvalue weighted by Gasteiger charge is -2.63. The zero-order valence-electron chi connectivity index (χ0n) is 22.7. The molecule has 202 valence electrons. The molecule has 4 aliphatic carbocycles. The van der Waals surface area contributed by atoms with E-state index in [4.69, 9.17) is 0 Å². The third-order valence-corrected chi connectivity index (χ3v) is 12.0. The van der Waals surface area contributed by atoms with Crippen LogP contribution in [-0.4, -0.2) is 61.3 Å². The summed E-state index contributed by atoms with van der Waals surface area (Å²) in [7, 11) is 0. The van der Waals surface area contributed by atoms with Crippen molar-refractivity contribution < 1.29 is 30.3 Å². The molecule has 0 spiro atoms. The first kappa shape index (κ1) is 27.5. The first-order chi connectivity index (χ1) is 16.2. The molecule has 13 atom stereocenters. The molecular weight excluding hydrogens is 444 g/mol. The molecule has 5 N–H and O–H groups in total. The Labute approximate surface area is 211 Å². The number of fused-ring (bicyclic) bond motifs is 5. The molecule has 0 heterocycles. The van der Waals surface area contributed by atoms with E-state index in [0.29, 0.717) is 18.3 Å². The lowest BCUT2D eigenvalue weighted by atomic mass is 9.42. The van der Waals surface area contributed by atoms with Gasteiger partial charge in [-0.25, -0.2) is 0 Å². The summed E-state index contributed by atoms with van der Waals surface area (Å²) < 4.78 is 0. The molecule has 0 aromatic heterocycles. The number of hydrogen-bond acceptors (Lipinski definition) is 6. The van der Waals surface area contributed by atoms with Crippen molar-refractivity contribution in [2.24, 2.45) is 52.3 Å². The van der Waals surface area contributed by atoms with Crippen molar-refractivity contribution in [2.45, 2.75) is 123 Å². The summed E-state index contributed by atoms with van der Waals surface area (Å²) in [6.45, 7) is 12.7. The number of Topliss-reactive ketones (excluding diaryl/α,β-unsaturated/α-hetero) is 1. The third kappa shape index (κ3) is 3.96. The highest BCUT2D eigenvalue weighted by Crippen LogP contribution is 2.68. The van der Waals surface area contributed by atoms with Crippen LogP contribution in [0, 0.1) is 52.3 Å². The van der Waals surface area contributed by atoms with E-state index in [-0.39, 0.29) is 53.6 Å². The molecule has 0 aromatic carbocycles. The van der Waals surface area contributed by atoms with Gasteiger partial charge in [0, 0.05) is 18.3 Å². The number of aliphatic hydroxyl groups excluding tert-OH is 4. The predicted molar refractivity (Wildman–Crippen MR) is 134 cm³/mol. The molecule has 4 fully saturated rings. The molecule has 0 amide bonds. The van der Waals surface area contributed by atoms with Gasteiger partial charge in [0.1, 0.15) is 5.60 Å². The van der Waals surface area contributed by atoms with Crippen LogP contribution in [-0.2, 0) is 4.79 Å². The van der Waals surface area contributed by atoms with Gasteiger partial charge in [0.15, 0.2) is 5.78 Å². The second-order valence-electron chi connectivity index (χ2n) is 13.7. The number of hydrogen-bond donors (Lipinski definition) is 5. The lowest BCUT2D eigenvalue weighted by molar-refractivity contribution is -0.230. The summed E-state index contributed by atoms with van der Waals surface area (Å²) in [4.78, 5) is 13.4. The van der Waals surface area contributed by atoms with Crippen LogP contribution >= 0.6 is 0 Å². The summed E-state index contributed by atoms with van der Waals surface area (Å²) in [5.41, 5.74) is -2.34. The van der Waals surface area contributed by atoms with Crippen LogP contribution in [0.5, 0.6) is 0 Å². The Morgan fingerprint density at radius 3 is 2.17 bits per heavy atom. The summed E-state index contributed by atoms with van der Waals surface area (Å²) in [5.74, 6) is 1.01. The van der Waals surface area contributed by atoms with Crippen LogP contribution in [0.3, 0.4) is 0 Å². The van der Waals surface area contributed by atoms with Crippen molar-refractivity contribution in [2.75, 3.05) is 0 Å². The molecule has 0 radical (unpaired) electrons. The smallest absolute Gasteiger partial charge is 0.165 e. The summed E-state index contributed by atoms with van der Waals surface area (Å²) in [5, 5.41) is 54.7. The van der Waals surface area contributed by atoms with Crippen molar-refractivity contribution in [3.05, 3.63) is 0 Å². The van der Waals surface area contributed by atoms with Crippen molar-refractivity contribution in [1.29, 1.82) is 0 Å². The van der Waals surface area contributed by atoms with E-state index < -0.39 is 35.4 Å². The number of carbonyl (C=O) groups is 1. The fraction of sp³-hybridized carbons (Fsp3) is 0.966. The van der Waals surface area contributed by atoms with Crippen LogP contribution in [0.4, 0.5) is 0 Å². The Morgan fingerprint density at radius 2 is 1.57 bits per heavy atom. The van der Waals surface area contributed by atoms with Crippen LogP contribution < -0.4 is 0 Å². The Hall–Kier alpha value is -0.530. The minimum absolute atomic E-state index is 0.0281. The number of ketones is 1. The minimum atomic E-state index is -1.57. The molecule has 0 aromatic rings. The SMILES string of the molecule is CC[C@@H](C(C)C)[C@H](O)[C@@H](O)[C@@H](C)[C@H]1CC[C@H]2[C@@H]3CC(=O)[C@@]4(O)C[C@H](O)[C@H](O)C[C@]4(C)[C@H]3CC[C@]12C. The van der Waals surface area contributed by atoms with Crippen molar-refractivity contribution in [3.63, 3.8) is 0 Å². The average Bonchev–Trinajstić information content (AvgIpc) is 3.13. The lowest BCUT2D eigenvalue weighted by Crippen LogP contribution is -2.69. The van der Waals surface area contributed by atoms with Crippen molar-refractivity contribution in [1.82, 2.24) is 0 Å². The third-order valence-electron chi connectivity index (χ3n) is 12.0. The van der Waals surface area contributed by atoms with Crippen LogP contribution in [0.2, 0.25) is 0 Å². The maximum absolute atomic E-state index is 13.4. The van der Waals surface area contributed by atoms with Crippen molar-refractivity contribution >= 4 is 5.78 Å². The highest BCUT2D eigenvalue weighted by atomic mass is 16.3. The average molecular weight is 495 g/mol. The number of rotatable bonds is 6. The largest absolute Gasteiger partial charge is 0.390 e. The molecule has 0 saturated heterocycles. The summed E-state index contributed by atoms with van der Waals surface area (Å²) >= 11 is 0. The minimum Gasteiger partial charge on any atom is -0.390 e. The Morgan fingerprint density at radius 1 is 0.943 bits per heavy atom. The topological polar surface area (TPSA) is 118 Å². The van der Waals surface area contributed by atoms with E-state index in [1.54, 1.807) is 0 Å². The van der Waals surface area contributed by atoms with Gasteiger partial charge in [0.05, 0.1) is 24.4 Å². The molecule has 0 bridgehead atoms. The fourth-order valence-electron chi connectivity index (χ4n) is 9.86. The molecule has 6 heteroatoms. The van der Waals surface area contributed by atoms with E-state index in [2.05, 4.69) is 34.6 Å². The van der Waals surface area contributed by atoms with E-state index >= 15 is 0 Å². The Bertz CT molecular complexity index is 800. The maximum Gasteiger partial charge on any atom is 0.165 e. The molecular formula is C29H50O6. The molecule has 0 aliphatic heterocycles. The Kier molecular flexibility index (Phi) is 7.34. The van der Waals surface area contributed by atoms with Crippen LogP contribution in [0.1, 0.15) is 92.9 Å². The van der Waals surface area contributed by atoms with Crippen LogP contribution in [0.25, 0.3) is 0 Å². The first-order valence-corrected chi connectivity index (χ1v) is 14.2. The normalized spacial score (nSPS) is 49.1. The Balaban J connectivity index is 1.58. The number of carbonyl (C=O) groups excluding carboxylic acids is 1. The van der Waals surface area contributed by atoms with Gasteiger partial charge in [0.25, 0.3) is 0 Å². The second kappa shape index (κ2) is 9.34. The van der Waals surface area contributed by atoms with E-state index in [0.717, 1.165) is 32.1 Å². The van der Waals surface area contributed by atoms with Crippen LogP contribution in [0.15, 0.2) is 0 Å². The molecule has 4 saturated carbocycles. The second-order valence-corrected chi connectivity index (χ2v) is 13.7. The quantitative estimate of drug-likeness (QED) is 0.387.